The second-order valence-electron chi connectivity index (χ2n) is 5.68. The van der Waals surface area contributed by atoms with Gasteiger partial charge >= 0.3 is 5.97 Å². The van der Waals surface area contributed by atoms with Gasteiger partial charge in [-0.25, -0.2) is 4.79 Å². The molecule has 0 aromatic heterocycles. The summed E-state index contributed by atoms with van der Waals surface area (Å²) >= 11 is 0. The highest BCUT2D eigenvalue weighted by Crippen LogP contribution is 2.45. The summed E-state index contributed by atoms with van der Waals surface area (Å²) in [6, 6.07) is 1.52. The van der Waals surface area contributed by atoms with Crippen LogP contribution in [0.5, 0.6) is 5.75 Å². The quantitative estimate of drug-likeness (QED) is 0.846. The summed E-state index contributed by atoms with van der Waals surface area (Å²) < 4.78 is 5.26. The van der Waals surface area contributed by atoms with Gasteiger partial charge in [0, 0.05) is 11.1 Å². The molecule has 5 nitrogen and oxygen atoms in total. The van der Waals surface area contributed by atoms with Crippen molar-refractivity contribution in [2.75, 3.05) is 6.61 Å². The Bertz CT molecular complexity index is 668. The molecule has 5 heteroatoms. The van der Waals surface area contributed by atoms with Crippen LogP contribution in [0.4, 0.5) is 0 Å². The highest BCUT2D eigenvalue weighted by Gasteiger charge is 2.51. The van der Waals surface area contributed by atoms with Crippen LogP contribution in [-0.2, 0) is 4.79 Å². The van der Waals surface area contributed by atoms with Crippen molar-refractivity contribution in [3.63, 3.8) is 0 Å². The minimum absolute atomic E-state index is 0.122. The van der Waals surface area contributed by atoms with Gasteiger partial charge in [-0.05, 0) is 43.9 Å². The molecule has 1 N–H and O–H groups in total. The van der Waals surface area contributed by atoms with Crippen LogP contribution in [0.15, 0.2) is 6.07 Å². The van der Waals surface area contributed by atoms with Crippen LogP contribution in [0.3, 0.4) is 0 Å². The molecule has 118 valence electrons. The van der Waals surface area contributed by atoms with E-state index in [2.05, 4.69) is 0 Å². The van der Waals surface area contributed by atoms with E-state index in [4.69, 9.17) is 9.84 Å². The Kier molecular flexibility index (Phi) is 4.09. The first-order valence-corrected chi connectivity index (χ1v) is 7.38. The van der Waals surface area contributed by atoms with E-state index in [0.717, 1.165) is 0 Å². The Balaban J connectivity index is 2.60. The van der Waals surface area contributed by atoms with Crippen LogP contribution in [0.1, 0.15) is 58.5 Å². The Morgan fingerprint density at radius 3 is 2.23 bits per heavy atom. The van der Waals surface area contributed by atoms with Gasteiger partial charge in [-0.3, -0.25) is 9.59 Å². The number of benzene rings is 1. The van der Waals surface area contributed by atoms with Gasteiger partial charge in [0.2, 0.25) is 0 Å². The van der Waals surface area contributed by atoms with Crippen molar-refractivity contribution in [1.29, 1.82) is 0 Å². The molecular formula is C17H20O5. The van der Waals surface area contributed by atoms with E-state index in [1.807, 2.05) is 13.8 Å². The summed E-state index contributed by atoms with van der Waals surface area (Å²) in [6.07, 6.45) is 0.916. The Morgan fingerprint density at radius 1 is 1.14 bits per heavy atom. The second kappa shape index (κ2) is 5.55. The Morgan fingerprint density at radius 2 is 1.73 bits per heavy atom. The predicted octanol–water partition coefficient (Wildman–Crippen LogP) is 2.95. The number of ketones is 2. The smallest absolute Gasteiger partial charge is 0.341 e. The van der Waals surface area contributed by atoms with Gasteiger partial charge in [0.15, 0.2) is 18.2 Å². The maximum atomic E-state index is 12.8. The summed E-state index contributed by atoms with van der Waals surface area (Å²) in [4.78, 5) is 36.2. The number of hydrogen-bond acceptors (Lipinski definition) is 4. The first-order valence-electron chi connectivity index (χ1n) is 7.38. The standard InChI is InChI=1S/C17H20O5/c1-5-17(6-2)15(20)11-7-12(22-8-13(18)19)9(3)10(4)14(11)16(17)21/h7H,5-6,8H2,1-4H3,(H,18,19). The van der Waals surface area contributed by atoms with E-state index in [-0.39, 0.29) is 11.6 Å². The van der Waals surface area contributed by atoms with E-state index in [1.165, 1.54) is 6.07 Å². The largest absolute Gasteiger partial charge is 0.482 e. The van der Waals surface area contributed by atoms with Crippen LogP contribution in [0.2, 0.25) is 0 Å². The predicted molar refractivity (Wildman–Crippen MR) is 80.7 cm³/mol. The molecular weight excluding hydrogens is 284 g/mol. The molecule has 2 rings (SSSR count). The molecule has 0 unspecified atom stereocenters. The van der Waals surface area contributed by atoms with Crippen molar-refractivity contribution in [3.05, 3.63) is 28.3 Å². The van der Waals surface area contributed by atoms with Gasteiger partial charge in [0.25, 0.3) is 0 Å². The lowest BCUT2D eigenvalue weighted by atomic mass is 9.77. The third-order valence-corrected chi connectivity index (χ3v) is 4.75. The number of hydrogen-bond donors (Lipinski definition) is 1. The zero-order valence-electron chi connectivity index (χ0n) is 13.3. The van der Waals surface area contributed by atoms with Crippen LogP contribution < -0.4 is 4.74 Å². The molecule has 0 atom stereocenters. The minimum Gasteiger partial charge on any atom is -0.482 e. The fraction of sp³-hybridized carbons (Fsp3) is 0.471. The number of carboxylic acids is 1. The van der Waals surface area contributed by atoms with Crippen LogP contribution >= 0.6 is 0 Å². The topological polar surface area (TPSA) is 80.7 Å². The molecule has 1 aromatic rings. The Labute approximate surface area is 129 Å². The fourth-order valence-corrected chi connectivity index (χ4v) is 3.14. The molecule has 1 aliphatic rings. The van der Waals surface area contributed by atoms with Crippen LogP contribution in [-0.4, -0.2) is 29.2 Å². The zero-order valence-corrected chi connectivity index (χ0v) is 13.3. The second-order valence-corrected chi connectivity index (χ2v) is 5.68. The number of carbonyl (C=O) groups is 3. The van der Waals surface area contributed by atoms with Crippen LogP contribution in [0, 0.1) is 19.3 Å². The monoisotopic (exact) mass is 304 g/mol. The highest BCUT2D eigenvalue weighted by atomic mass is 16.5. The molecule has 0 fully saturated rings. The molecule has 0 saturated heterocycles. The molecule has 0 saturated carbocycles. The lowest BCUT2D eigenvalue weighted by molar-refractivity contribution is -0.139. The van der Waals surface area contributed by atoms with Crippen molar-refractivity contribution in [3.8, 4) is 5.75 Å². The average molecular weight is 304 g/mol. The molecule has 1 aliphatic carbocycles. The summed E-state index contributed by atoms with van der Waals surface area (Å²) in [7, 11) is 0. The molecule has 22 heavy (non-hydrogen) atoms. The van der Waals surface area contributed by atoms with E-state index in [0.29, 0.717) is 40.8 Å². The fourth-order valence-electron chi connectivity index (χ4n) is 3.14. The van der Waals surface area contributed by atoms with Gasteiger partial charge in [-0.15, -0.1) is 0 Å². The number of Topliss-reactive ketones (excluding diaryl/α,β-unsaturated/α-hetero) is 2. The maximum absolute atomic E-state index is 12.8. The molecule has 0 radical (unpaired) electrons. The van der Waals surface area contributed by atoms with E-state index in [1.54, 1.807) is 13.8 Å². The van der Waals surface area contributed by atoms with Crippen molar-refractivity contribution in [2.45, 2.75) is 40.5 Å². The van der Waals surface area contributed by atoms with Gasteiger partial charge in [-0.2, -0.15) is 0 Å². The van der Waals surface area contributed by atoms with Gasteiger partial charge in [-0.1, -0.05) is 13.8 Å². The van der Waals surface area contributed by atoms with Crippen molar-refractivity contribution in [2.24, 2.45) is 5.41 Å². The summed E-state index contributed by atoms with van der Waals surface area (Å²) in [5.41, 5.74) is 1.24. The SMILES string of the molecule is CCC1(CC)C(=O)c2cc(OCC(=O)O)c(C)c(C)c2C1=O. The van der Waals surface area contributed by atoms with Crippen LogP contribution in [0.25, 0.3) is 0 Å². The number of aliphatic carboxylic acids is 1. The van der Waals surface area contributed by atoms with Gasteiger partial charge in [0.05, 0.1) is 5.41 Å². The van der Waals surface area contributed by atoms with E-state index >= 15 is 0 Å². The first-order chi connectivity index (χ1) is 10.3. The minimum atomic E-state index is -1.09. The van der Waals surface area contributed by atoms with Crippen molar-refractivity contribution < 1.29 is 24.2 Å². The highest BCUT2D eigenvalue weighted by molar-refractivity contribution is 6.30. The zero-order chi connectivity index (χ0) is 16.7. The normalized spacial score (nSPS) is 15.8. The number of rotatable bonds is 5. The molecule has 0 amide bonds. The van der Waals surface area contributed by atoms with Crippen molar-refractivity contribution in [1.82, 2.24) is 0 Å². The van der Waals surface area contributed by atoms with Gasteiger partial charge in [0.1, 0.15) is 5.75 Å². The molecule has 0 aliphatic heterocycles. The van der Waals surface area contributed by atoms with E-state index < -0.39 is 18.0 Å². The average Bonchev–Trinajstić information content (AvgIpc) is 2.69. The number of carbonyl (C=O) groups excluding carboxylic acids is 2. The summed E-state index contributed by atoms with van der Waals surface area (Å²) in [5, 5.41) is 8.74. The molecule has 1 aromatic carbocycles. The lowest BCUT2D eigenvalue weighted by Crippen LogP contribution is -2.31. The third-order valence-electron chi connectivity index (χ3n) is 4.75. The van der Waals surface area contributed by atoms with Crippen molar-refractivity contribution >= 4 is 17.5 Å². The number of fused-ring (bicyclic) bond motifs is 1. The molecule has 0 heterocycles. The Hall–Kier alpha value is -2.17. The van der Waals surface area contributed by atoms with E-state index in [9.17, 15) is 14.4 Å². The number of ether oxygens (including phenoxy) is 1. The molecule has 0 spiro atoms. The first kappa shape index (κ1) is 16.2. The molecule has 0 bridgehead atoms. The summed E-state index contributed by atoms with van der Waals surface area (Å²) in [6.45, 7) is 6.75. The third kappa shape index (κ3) is 2.12. The van der Waals surface area contributed by atoms with Gasteiger partial charge < -0.3 is 9.84 Å². The lowest BCUT2D eigenvalue weighted by Gasteiger charge is -2.21. The summed E-state index contributed by atoms with van der Waals surface area (Å²) in [5.74, 6) is -1.04. The number of carboxylic acid groups (broad SMARTS) is 1. The maximum Gasteiger partial charge on any atom is 0.341 e.